The summed E-state index contributed by atoms with van der Waals surface area (Å²) >= 11 is 0. The summed E-state index contributed by atoms with van der Waals surface area (Å²) in [6.45, 7) is 9.70. The van der Waals surface area contributed by atoms with Gasteiger partial charge in [-0.1, -0.05) is 75.5 Å². The maximum Gasteiger partial charge on any atom is 0.248 e. The van der Waals surface area contributed by atoms with Crippen molar-refractivity contribution < 1.29 is 49.1 Å². The van der Waals surface area contributed by atoms with Crippen LogP contribution in [0.25, 0.3) is 0 Å². The van der Waals surface area contributed by atoms with Crippen LogP contribution < -0.4 is 5.32 Å². The number of rotatable bonds is 1. The third kappa shape index (κ3) is 9.84. The zero-order valence-electron chi connectivity index (χ0n) is 30.0. The first-order valence-electron chi connectivity index (χ1n) is 16.7. The normalized spacial score (nSPS) is 30.9. The largest absolute Gasteiger partial charge is 0.507 e. The molecular weight excluding hydrogens is 654 g/mol. The number of phenolic OH excluding ortho intramolecular Hbond substituents is 1. The smallest absolute Gasteiger partial charge is 0.248 e. The number of allylic oxidation sites excluding steroid dienone is 8. The number of aryl methyl sites for hydroxylation is 1. The SMILES string of the molecule is COC1=C2NC(=O)/C=C/C=C\C=C\[C@@H](C)[C@@H](O)CC(=O)/C(C)=C/C[C@@H](O)/C=C/[C@H](C)[C@H](O)[C@@H](C)/C=C(/C)C(=O)c3c(O)c(C)cc(c3C1=O)C2=O. The topological polar surface area (TPSA) is 188 Å². The van der Waals surface area contributed by atoms with Crippen LogP contribution in [0.2, 0.25) is 0 Å². The third-order valence-corrected chi connectivity index (χ3v) is 8.99. The van der Waals surface area contributed by atoms with Crippen LogP contribution in [-0.2, 0) is 14.3 Å². The molecule has 1 aromatic rings. The minimum absolute atomic E-state index is 0.0879. The van der Waals surface area contributed by atoms with Crippen molar-refractivity contribution in [3.63, 3.8) is 0 Å². The molecule has 11 nitrogen and oxygen atoms in total. The van der Waals surface area contributed by atoms with Crippen LogP contribution in [0, 0.1) is 24.7 Å². The molecule has 3 aliphatic rings. The van der Waals surface area contributed by atoms with E-state index in [1.807, 2.05) is 0 Å². The second kappa shape index (κ2) is 17.8. The van der Waals surface area contributed by atoms with Crippen molar-refractivity contribution in [1.82, 2.24) is 5.32 Å². The Morgan fingerprint density at radius 3 is 2.10 bits per heavy atom. The highest BCUT2D eigenvalue weighted by Crippen LogP contribution is 2.37. The second-order valence-electron chi connectivity index (χ2n) is 13.0. The summed E-state index contributed by atoms with van der Waals surface area (Å²) in [6.07, 6.45) is 12.3. The number of aliphatic hydroxyl groups is 3. The third-order valence-electron chi connectivity index (χ3n) is 8.99. The Bertz CT molecular complexity index is 1790. The fraction of sp³-hybridized carbons (Fsp3) is 0.375. The number of amides is 1. The lowest BCUT2D eigenvalue weighted by Crippen LogP contribution is -2.35. The summed E-state index contributed by atoms with van der Waals surface area (Å²) in [5.41, 5.74) is -0.768. The van der Waals surface area contributed by atoms with Gasteiger partial charge in [-0.3, -0.25) is 24.0 Å². The minimum atomic E-state index is -1.01. The predicted molar refractivity (Wildman–Crippen MR) is 192 cm³/mol. The number of benzene rings is 1. The second-order valence-corrected chi connectivity index (χ2v) is 13.0. The molecular formula is C40H47NO10. The van der Waals surface area contributed by atoms with Gasteiger partial charge in [0.05, 0.1) is 36.5 Å². The molecule has 51 heavy (non-hydrogen) atoms. The lowest BCUT2D eigenvalue weighted by molar-refractivity contribution is -0.118. The Morgan fingerprint density at radius 1 is 0.765 bits per heavy atom. The zero-order valence-corrected chi connectivity index (χ0v) is 30.0. The van der Waals surface area contributed by atoms with Crippen molar-refractivity contribution in [1.29, 1.82) is 0 Å². The van der Waals surface area contributed by atoms with E-state index in [0.29, 0.717) is 5.57 Å². The van der Waals surface area contributed by atoms with Crippen molar-refractivity contribution in [3.05, 3.63) is 112 Å². The number of carbonyl (C=O) groups is 5. The number of methoxy groups -OCH3 is 1. The number of aromatic hydroxyl groups is 1. The zero-order chi connectivity index (χ0) is 38.2. The van der Waals surface area contributed by atoms with E-state index in [0.717, 1.165) is 13.2 Å². The molecule has 2 heterocycles. The molecule has 1 amide bonds. The van der Waals surface area contributed by atoms with Crippen LogP contribution in [0.3, 0.4) is 0 Å². The number of nitrogens with one attached hydrogen (secondary N) is 1. The molecule has 5 N–H and O–H groups in total. The number of fused-ring (bicyclic) bond motifs is 18. The molecule has 0 fully saturated rings. The lowest BCUT2D eigenvalue weighted by Gasteiger charge is -2.24. The highest BCUT2D eigenvalue weighted by atomic mass is 16.5. The quantitative estimate of drug-likeness (QED) is 0.257. The standard InChI is InChI=1S/C40H47NO10/c1-21-12-10-8-9-11-13-31(45)41-34-38(49)28-19-26(6)37(48)33(32(28)39(50)40(34)51-7)36(47)25(5)18-24(4)35(46)23(3)15-17-27(42)16-14-22(2)30(44)20-29(21)43/h8-15,17-19,21,23-24,27,29,35,42-43,46,48H,16,20H2,1-7H3,(H,41,45)/b9-8-,12-10+,13-11+,17-15+,22-14+,25-18-/t21-,23+,24+,27-,29+,35+/m1/s1. The first-order chi connectivity index (χ1) is 24.0. The Kier molecular flexibility index (Phi) is 14.1. The van der Waals surface area contributed by atoms with E-state index < -0.39 is 76.2 Å². The fourth-order valence-electron chi connectivity index (χ4n) is 5.71. The van der Waals surface area contributed by atoms with E-state index in [1.165, 1.54) is 44.2 Å². The number of ketones is 4. The van der Waals surface area contributed by atoms with Gasteiger partial charge in [0.15, 0.2) is 17.3 Å². The molecule has 1 aliphatic carbocycles. The maximum absolute atomic E-state index is 13.9. The lowest BCUT2D eigenvalue weighted by atomic mass is 9.82. The van der Waals surface area contributed by atoms with Crippen molar-refractivity contribution >= 4 is 29.0 Å². The van der Waals surface area contributed by atoms with Crippen LogP contribution in [0.5, 0.6) is 5.75 Å². The maximum atomic E-state index is 13.9. The summed E-state index contributed by atoms with van der Waals surface area (Å²) in [6, 6.07) is 1.27. The van der Waals surface area contributed by atoms with Crippen molar-refractivity contribution in [2.75, 3.05) is 7.11 Å². The summed E-state index contributed by atoms with van der Waals surface area (Å²) < 4.78 is 5.25. The number of phenols is 1. The fourth-order valence-corrected chi connectivity index (χ4v) is 5.71. The van der Waals surface area contributed by atoms with Gasteiger partial charge in [0.1, 0.15) is 11.4 Å². The van der Waals surface area contributed by atoms with Gasteiger partial charge in [0.2, 0.25) is 17.5 Å². The Hall–Kier alpha value is -4.97. The summed E-state index contributed by atoms with van der Waals surface area (Å²) in [5.74, 6) is -5.93. The highest BCUT2D eigenvalue weighted by molar-refractivity contribution is 6.31. The van der Waals surface area contributed by atoms with E-state index in [1.54, 1.807) is 58.1 Å². The number of aliphatic hydroxyl groups excluding tert-OH is 3. The summed E-state index contributed by atoms with van der Waals surface area (Å²) in [4.78, 5) is 66.8. The Labute approximate surface area is 298 Å². The average Bonchev–Trinajstić information content (AvgIpc) is 3.09. The number of ether oxygens (including phenoxy) is 1. The van der Waals surface area contributed by atoms with Crippen molar-refractivity contribution in [3.8, 4) is 5.75 Å². The van der Waals surface area contributed by atoms with E-state index in [9.17, 15) is 44.4 Å². The number of Topliss-reactive ketones (excluding diaryl/α,β-unsaturated/α-hetero) is 4. The Balaban J connectivity index is 2.08. The first kappa shape index (κ1) is 40.5. The predicted octanol–water partition coefficient (Wildman–Crippen LogP) is 4.71. The van der Waals surface area contributed by atoms with Gasteiger partial charge in [0, 0.05) is 35.8 Å². The van der Waals surface area contributed by atoms with E-state index in [2.05, 4.69) is 5.32 Å². The first-order valence-corrected chi connectivity index (χ1v) is 16.7. The highest BCUT2D eigenvalue weighted by Gasteiger charge is 2.39. The van der Waals surface area contributed by atoms with Crippen LogP contribution in [0.1, 0.15) is 84.1 Å². The molecule has 2 aliphatic heterocycles. The van der Waals surface area contributed by atoms with Crippen molar-refractivity contribution in [2.24, 2.45) is 17.8 Å². The monoisotopic (exact) mass is 701 g/mol. The van der Waals surface area contributed by atoms with Gasteiger partial charge >= 0.3 is 0 Å². The average molecular weight is 702 g/mol. The molecule has 0 spiro atoms. The molecule has 0 aromatic heterocycles. The molecule has 11 heteroatoms. The molecule has 0 saturated heterocycles. The van der Waals surface area contributed by atoms with Crippen LogP contribution in [0.4, 0.5) is 0 Å². The van der Waals surface area contributed by atoms with Gasteiger partial charge in [0.25, 0.3) is 0 Å². The number of hydrogen-bond acceptors (Lipinski definition) is 10. The van der Waals surface area contributed by atoms with E-state index in [4.69, 9.17) is 4.74 Å². The van der Waals surface area contributed by atoms with Crippen molar-refractivity contribution in [2.45, 2.75) is 72.7 Å². The van der Waals surface area contributed by atoms with E-state index in [-0.39, 0.29) is 46.8 Å². The molecule has 1 aromatic carbocycles. The van der Waals surface area contributed by atoms with Crippen LogP contribution >= 0.6 is 0 Å². The van der Waals surface area contributed by atoms with Crippen LogP contribution in [0.15, 0.2) is 89.4 Å². The minimum Gasteiger partial charge on any atom is -0.507 e. The van der Waals surface area contributed by atoms with Gasteiger partial charge in [-0.25, -0.2) is 0 Å². The van der Waals surface area contributed by atoms with Gasteiger partial charge in [-0.2, -0.15) is 0 Å². The Morgan fingerprint density at radius 2 is 1.43 bits per heavy atom. The van der Waals surface area contributed by atoms with Gasteiger partial charge in [-0.05, 0) is 50.0 Å². The molecule has 272 valence electrons. The summed E-state index contributed by atoms with van der Waals surface area (Å²) in [5, 5.41) is 45.6. The van der Waals surface area contributed by atoms with Gasteiger partial charge < -0.3 is 30.5 Å². The molecule has 0 radical (unpaired) electrons. The molecule has 4 bridgehead atoms. The van der Waals surface area contributed by atoms with E-state index >= 15 is 0 Å². The number of hydrogen-bond donors (Lipinski definition) is 5. The molecule has 4 rings (SSSR count). The molecule has 6 atom stereocenters. The van der Waals surface area contributed by atoms with Crippen LogP contribution in [-0.4, -0.2) is 74.9 Å². The number of carbonyl (C=O) groups excluding carboxylic acids is 5. The summed E-state index contributed by atoms with van der Waals surface area (Å²) in [7, 11) is 1.14. The molecule has 0 unspecified atom stereocenters. The van der Waals surface area contributed by atoms with Gasteiger partial charge in [-0.15, -0.1) is 0 Å². The molecule has 0 saturated carbocycles.